The van der Waals surface area contributed by atoms with E-state index < -0.39 is 28.9 Å². The molecule has 6 aromatic rings. The van der Waals surface area contributed by atoms with Crippen LogP contribution in [0.15, 0.2) is 70.3 Å². The minimum Gasteiger partial charge on any atom is -0.444 e. The van der Waals surface area contributed by atoms with Crippen molar-refractivity contribution in [1.29, 1.82) is 0 Å². The lowest BCUT2D eigenvalue weighted by Gasteiger charge is -2.34. The van der Waals surface area contributed by atoms with Crippen molar-refractivity contribution in [2.45, 2.75) is 104 Å². The Morgan fingerprint density at radius 2 is 1.12 bits per heavy atom. The first-order chi connectivity index (χ1) is 35.3. The lowest BCUT2D eigenvalue weighted by atomic mass is 10.1. The maximum Gasteiger partial charge on any atom is 0.407 e. The zero-order chi connectivity index (χ0) is 54.7. The SMILES string of the molecule is CN(C)C(=O)c1cc2nc(N3CCC[C@@H](NC(=O)OC(C)(C)C)C3)n(Cc3ccccc3Cl)c2c(=O)[nH]1.CN(C)C(=O)c1cc2nc(N3CCC[C@@H](NC(=O)OC(C)(C)C)C3)n(Cc3ccccc3Cl)c2c(=O)n1C. The van der Waals surface area contributed by atoms with Crippen LogP contribution in [-0.4, -0.2) is 140 Å². The fourth-order valence-corrected chi connectivity index (χ4v) is 9.49. The fraction of sp³-hybridized carbons (Fsp3) is 0.472. The predicted octanol–water partition coefficient (Wildman–Crippen LogP) is 7.25. The first-order valence-corrected chi connectivity index (χ1v) is 25.7. The molecule has 2 aliphatic rings. The average Bonchev–Trinajstić information content (AvgIpc) is 3.88. The second kappa shape index (κ2) is 22.8. The highest BCUT2D eigenvalue weighted by atomic mass is 35.5. The number of nitrogens with one attached hydrogen (secondary N) is 3. The molecule has 3 N–H and O–H groups in total. The van der Waals surface area contributed by atoms with E-state index in [1.807, 2.05) is 93.1 Å². The number of H-pyrrole nitrogens is 1. The van der Waals surface area contributed by atoms with Crippen LogP contribution < -0.4 is 31.6 Å². The molecule has 0 spiro atoms. The largest absolute Gasteiger partial charge is 0.444 e. The molecule has 0 aliphatic carbocycles. The van der Waals surface area contributed by atoms with Crippen molar-refractivity contribution in [3.05, 3.63) is 114 Å². The van der Waals surface area contributed by atoms with Gasteiger partial charge in [-0.25, -0.2) is 19.6 Å². The van der Waals surface area contributed by atoms with E-state index in [1.54, 1.807) is 53.4 Å². The number of rotatable bonds is 10. The van der Waals surface area contributed by atoms with Gasteiger partial charge in [0.25, 0.3) is 22.9 Å². The van der Waals surface area contributed by atoms with Gasteiger partial charge in [0, 0.05) is 83.5 Å². The molecule has 8 rings (SSSR count). The number of amides is 4. The number of pyridine rings is 2. The van der Waals surface area contributed by atoms with Crippen LogP contribution in [0.25, 0.3) is 22.1 Å². The number of aromatic nitrogens is 6. The number of benzene rings is 2. The number of hydrogen-bond acceptors (Lipinski definition) is 12. The van der Waals surface area contributed by atoms with E-state index in [9.17, 15) is 28.8 Å². The molecule has 4 amide bonds. The molecule has 2 atom stereocenters. The van der Waals surface area contributed by atoms with E-state index in [1.165, 1.54) is 14.4 Å². The highest BCUT2D eigenvalue weighted by molar-refractivity contribution is 6.31. The lowest BCUT2D eigenvalue weighted by Crippen LogP contribution is -2.49. The van der Waals surface area contributed by atoms with E-state index in [0.29, 0.717) is 83.3 Å². The van der Waals surface area contributed by atoms with Gasteiger partial charge in [-0.05, 0) is 103 Å². The molecule has 22 heteroatoms. The Bertz CT molecular complexity index is 3220. The summed E-state index contributed by atoms with van der Waals surface area (Å²) in [4.78, 5) is 96.3. The van der Waals surface area contributed by atoms with Crippen molar-refractivity contribution >= 4 is 81.2 Å². The van der Waals surface area contributed by atoms with Crippen LogP contribution in [0, 0.1) is 0 Å². The molecular formula is C53H68Cl2N12O8. The number of anilines is 2. The van der Waals surface area contributed by atoms with Gasteiger partial charge >= 0.3 is 12.2 Å². The molecular weight excluding hydrogens is 1000 g/mol. The molecule has 402 valence electrons. The van der Waals surface area contributed by atoms with Crippen LogP contribution in [0.1, 0.15) is 99.3 Å². The van der Waals surface area contributed by atoms with E-state index in [0.717, 1.165) is 36.8 Å². The van der Waals surface area contributed by atoms with Crippen molar-refractivity contribution in [2.75, 3.05) is 64.2 Å². The number of piperidine rings is 2. The average molecular weight is 1070 g/mol. The maximum atomic E-state index is 13.6. The quantitative estimate of drug-likeness (QED) is 0.124. The van der Waals surface area contributed by atoms with Gasteiger partial charge < -0.3 is 58.4 Å². The third-order valence-corrected chi connectivity index (χ3v) is 13.3. The van der Waals surface area contributed by atoms with Crippen LogP contribution in [-0.2, 0) is 29.6 Å². The third kappa shape index (κ3) is 13.4. The number of nitrogens with zero attached hydrogens (tertiary/aromatic N) is 9. The van der Waals surface area contributed by atoms with Crippen LogP contribution in [0.4, 0.5) is 21.5 Å². The number of carbonyl (C=O) groups excluding carboxylic acids is 4. The summed E-state index contributed by atoms with van der Waals surface area (Å²) >= 11 is 13.0. The van der Waals surface area contributed by atoms with Gasteiger partial charge in [-0.15, -0.1) is 0 Å². The lowest BCUT2D eigenvalue weighted by molar-refractivity contribution is 0.0488. The molecule has 6 heterocycles. The summed E-state index contributed by atoms with van der Waals surface area (Å²) in [5, 5.41) is 7.08. The second-order valence-electron chi connectivity index (χ2n) is 21.3. The Labute approximate surface area is 445 Å². The monoisotopic (exact) mass is 1070 g/mol. The molecule has 2 aromatic carbocycles. The Morgan fingerprint density at radius 3 is 1.56 bits per heavy atom. The molecule has 0 unspecified atom stereocenters. The molecule has 2 fully saturated rings. The summed E-state index contributed by atoms with van der Waals surface area (Å²) < 4.78 is 15.9. The zero-order valence-electron chi connectivity index (χ0n) is 44.5. The Morgan fingerprint density at radius 1 is 0.680 bits per heavy atom. The van der Waals surface area contributed by atoms with Crippen molar-refractivity contribution in [1.82, 2.24) is 49.1 Å². The smallest absolute Gasteiger partial charge is 0.407 e. The van der Waals surface area contributed by atoms with Crippen LogP contribution in [0.2, 0.25) is 10.0 Å². The molecule has 4 aromatic heterocycles. The number of ether oxygens (including phenoxy) is 2. The number of imidazole rings is 2. The van der Waals surface area contributed by atoms with E-state index in [2.05, 4.69) is 25.4 Å². The topological polar surface area (TPSA) is 214 Å². The van der Waals surface area contributed by atoms with Gasteiger partial charge in [0.1, 0.15) is 33.6 Å². The number of hydrogen-bond donors (Lipinski definition) is 3. The summed E-state index contributed by atoms with van der Waals surface area (Å²) in [5.41, 5.74) is 1.77. The first kappa shape index (κ1) is 55.7. The Balaban J connectivity index is 0.000000219. The van der Waals surface area contributed by atoms with Gasteiger partial charge in [-0.2, -0.15) is 0 Å². The second-order valence-corrected chi connectivity index (χ2v) is 22.1. The number of halogens is 2. The van der Waals surface area contributed by atoms with Crippen molar-refractivity contribution in [3.63, 3.8) is 0 Å². The van der Waals surface area contributed by atoms with Crippen LogP contribution in [0.3, 0.4) is 0 Å². The summed E-state index contributed by atoms with van der Waals surface area (Å²) in [6.07, 6.45) is 2.29. The van der Waals surface area contributed by atoms with Crippen molar-refractivity contribution in [2.24, 2.45) is 7.05 Å². The minimum atomic E-state index is -0.594. The van der Waals surface area contributed by atoms with E-state index in [-0.39, 0.29) is 40.8 Å². The molecule has 75 heavy (non-hydrogen) atoms. The molecule has 0 saturated carbocycles. The van der Waals surface area contributed by atoms with Gasteiger partial charge in [-0.3, -0.25) is 19.2 Å². The third-order valence-electron chi connectivity index (χ3n) is 12.5. The standard InChI is InChI=1S/C27H35ClN6O4.C26H33ClN6O4/c1-27(2,3)38-26(37)29-18-11-9-13-33(16-18)25-30-20-14-21(23(35)31(4)5)32(6)24(36)22(20)34(25)15-17-10-7-8-12-19(17)28;1-26(2,3)37-25(36)28-17-10-8-12-32(15-17)24-30-19-13-20(23(35)31(4)5)29-22(34)21(19)33(24)14-16-9-6-7-11-18(16)27/h7-8,10,12,14,18H,9,11,13,15-16H2,1-6H3,(H,29,37);6-7,9,11,13,17H,8,10,12,14-15H2,1-5H3,(H,28,36)(H,29,34)/t18-;17-/m11/s1. The summed E-state index contributed by atoms with van der Waals surface area (Å²) in [6.45, 7) is 14.0. The molecule has 2 saturated heterocycles. The maximum absolute atomic E-state index is 13.6. The Kier molecular flexibility index (Phi) is 16.9. The van der Waals surface area contributed by atoms with Crippen molar-refractivity contribution < 1.29 is 28.7 Å². The van der Waals surface area contributed by atoms with Crippen molar-refractivity contribution in [3.8, 4) is 0 Å². The van der Waals surface area contributed by atoms with Crippen LogP contribution in [0.5, 0.6) is 0 Å². The molecule has 2 aliphatic heterocycles. The molecule has 0 radical (unpaired) electrons. The van der Waals surface area contributed by atoms with Gasteiger partial charge in [-0.1, -0.05) is 59.6 Å². The fourth-order valence-electron chi connectivity index (χ4n) is 9.10. The minimum absolute atomic E-state index is 0.152. The number of alkyl carbamates (subject to hydrolysis) is 2. The van der Waals surface area contributed by atoms with Gasteiger partial charge in [0.2, 0.25) is 11.9 Å². The van der Waals surface area contributed by atoms with Gasteiger partial charge in [0.15, 0.2) is 0 Å². The molecule has 0 bridgehead atoms. The van der Waals surface area contributed by atoms with Gasteiger partial charge in [0.05, 0.1) is 24.1 Å². The normalized spacial score (nSPS) is 16.0. The zero-order valence-corrected chi connectivity index (χ0v) is 46.1. The number of aromatic amines is 1. The highest BCUT2D eigenvalue weighted by Gasteiger charge is 2.31. The molecule has 20 nitrogen and oxygen atoms in total. The number of fused-ring (bicyclic) bond motifs is 2. The number of carbonyl (C=O) groups is 4. The van der Waals surface area contributed by atoms with E-state index in [4.69, 9.17) is 42.6 Å². The predicted molar refractivity (Wildman–Crippen MR) is 292 cm³/mol. The summed E-state index contributed by atoms with van der Waals surface area (Å²) in [6, 6.07) is 17.9. The van der Waals surface area contributed by atoms with Crippen LogP contribution >= 0.6 is 23.2 Å². The summed E-state index contributed by atoms with van der Waals surface area (Å²) in [7, 11) is 8.12. The van der Waals surface area contributed by atoms with E-state index >= 15 is 0 Å². The first-order valence-electron chi connectivity index (χ1n) is 24.9. The summed E-state index contributed by atoms with van der Waals surface area (Å²) in [5.74, 6) is 0.557. The highest BCUT2D eigenvalue weighted by Crippen LogP contribution is 2.30. The Hall–Kier alpha value is -7.06.